The number of aliphatic hydroxyl groups is 1. The Kier molecular flexibility index (Phi) is 11.4. The van der Waals surface area contributed by atoms with E-state index in [1.807, 2.05) is 45.7 Å². The zero-order valence-corrected chi connectivity index (χ0v) is 21.3. The predicted molar refractivity (Wildman–Crippen MR) is 125 cm³/mol. The lowest BCUT2D eigenvalue weighted by molar-refractivity contribution is -0.147. The van der Waals surface area contributed by atoms with E-state index in [0.717, 1.165) is 46.0 Å². The first-order chi connectivity index (χ1) is 15.6. The summed E-state index contributed by atoms with van der Waals surface area (Å²) < 4.78 is 33.1. The van der Waals surface area contributed by atoms with E-state index in [9.17, 15) is 13.6 Å². The van der Waals surface area contributed by atoms with Gasteiger partial charge < -0.3 is 14.7 Å². The first-order valence-corrected chi connectivity index (χ1v) is 11.9. The van der Waals surface area contributed by atoms with Gasteiger partial charge in [-0.1, -0.05) is 39.8 Å². The zero-order valence-electron chi connectivity index (χ0n) is 21.3. The molecule has 0 radical (unpaired) electrons. The van der Waals surface area contributed by atoms with Gasteiger partial charge in [-0.3, -0.25) is 9.48 Å². The summed E-state index contributed by atoms with van der Waals surface area (Å²) in [7, 11) is 1.00. The summed E-state index contributed by atoms with van der Waals surface area (Å²) >= 11 is 0. The molecule has 33 heavy (non-hydrogen) atoms. The number of ether oxygens (including phenoxy) is 1. The van der Waals surface area contributed by atoms with Gasteiger partial charge in [0.2, 0.25) is 0 Å². The quantitative estimate of drug-likeness (QED) is 0.583. The van der Waals surface area contributed by atoms with Gasteiger partial charge in [-0.25, -0.2) is 8.78 Å². The summed E-state index contributed by atoms with van der Waals surface area (Å²) in [5.74, 6) is -2.74. The highest BCUT2D eigenvalue weighted by Gasteiger charge is 2.51. The largest absolute Gasteiger partial charge is 0.465 e. The Balaban J connectivity index is 0.00000129. The Hall–Kier alpha value is -2.03. The van der Waals surface area contributed by atoms with Crippen molar-refractivity contribution in [2.24, 2.45) is 11.3 Å². The van der Waals surface area contributed by atoms with E-state index < -0.39 is 11.8 Å². The number of carbonyl (C=O) groups is 1. The van der Waals surface area contributed by atoms with Crippen molar-refractivity contribution in [1.29, 1.82) is 0 Å². The van der Waals surface area contributed by atoms with Gasteiger partial charge in [-0.15, -0.1) is 5.10 Å². The topological polar surface area (TPSA) is 80.5 Å². The minimum absolute atomic E-state index is 0.0804. The van der Waals surface area contributed by atoms with Gasteiger partial charge >= 0.3 is 5.97 Å². The Morgan fingerprint density at radius 2 is 1.88 bits per heavy atom. The number of carbonyl (C=O) groups excluding carboxylic acids is 1. The molecule has 7 nitrogen and oxygen atoms in total. The number of allylic oxidation sites excluding steroid dienone is 1. The molecule has 1 atom stereocenters. The molecule has 9 heteroatoms. The van der Waals surface area contributed by atoms with Crippen LogP contribution < -0.4 is 0 Å². The number of aromatic nitrogens is 3. The molecule has 0 amide bonds. The van der Waals surface area contributed by atoms with Crippen LogP contribution in [-0.4, -0.2) is 63.7 Å². The first-order valence-electron chi connectivity index (χ1n) is 11.9. The van der Waals surface area contributed by atoms with Crippen LogP contribution in [0.4, 0.5) is 8.78 Å². The molecule has 1 aromatic heterocycles. The van der Waals surface area contributed by atoms with Crippen molar-refractivity contribution in [3.63, 3.8) is 0 Å². The number of alkyl halides is 2. The average Bonchev–Trinajstić information content (AvgIpc) is 3.14. The fourth-order valence-electron chi connectivity index (χ4n) is 3.94. The third-order valence-corrected chi connectivity index (χ3v) is 5.75. The van der Waals surface area contributed by atoms with Crippen LogP contribution in [0.3, 0.4) is 0 Å². The number of hydrogen-bond donors (Lipinski definition) is 1. The molecule has 1 unspecified atom stereocenters. The molecule has 1 N–H and O–H groups in total. The van der Waals surface area contributed by atoms with Crippen LogP contribution in [0, 0.1) is 11.3 Å². The van der Waals surface area contributed by atoms with Crippen LogP contribution >= 0.6 is 0 Å². The van der Waals surface area contributed by atoms with Crippen molar-refractivity contribution in [3.05, 3.63) is 23.7 Å². The van der Waals surface area contributed by atoms with Crippen LogP contribution in [0.2, 0.25) is 0 Å². The molecule has 1 saturated heterocycles. The van der Waals surface area contributed by atoms with Crippen LogP contribution in [-0.2, 0) is 16.1 Å². The molecule has 1 aliphatic heterocycles. The predicted octanol–water partition coefficient (Wildman–Crippen LogP) is 4.63. The minimum Gasteiger partial charge on any atom is -0.465 e. The summed E-state index contributed by atoms with van der Waals surface area (Å²) in [6, 6.07) is 0. The second-order valence-corrected chi connectivity index (χ2v) is 9.26. The summed E-state index contributed by atoms with van der Waals surface area (Å²) in [5, 5.41) is 15.5. The zero-order chi connectivity index (χ0) is 25.2. The molecular formula is C24H42F2N4O3. The molecule has 0 spiro atoms. The lowest BCUT2D eigenvalue weighted by atomic mass is 9.79. The molecular weight excluding hydrogens is 430 g/mol. The number of halogens is 2. The summed E-state index contributed by atoms with van der Waals surface area (Å²) in [5.41, 5.74) is 0.594. The third-order valence-electron chi connectivity index (χ3n) is 5.75. The van der Waals surface area contributed by atoms with E-state index in [4.69, 9.17) is 9.84 Å². The summed E-state index contributed by atoms with van der Waals surface area (Å²) in [6.45, 7) is 14.5. The maximum absolute atomic E-state index is 13.0. The van der Waals surface area contributed by atoms with Crippen LogP contribution in [0.5, 0.6) is 0 Å². The number of aryl methyl sites for hydroxylation is 1. The van der Waals surface area contributed by atoms with Crippen molar-refractivity contribution in [1.82, 2.24) is 19.9 Å². The molecule has 1 aromatic rings. The van der Waals surface area contributed by atoms with E-state index in [1.165, 1.54) is 0 Å². The number of hydrogen-bond acceptors (Lipinski definition) is 6. The highest BCUT2D eigenvalue weighted by molar-refractivity contribution is 5.78. The third kappa shape index (κ3) is 8.68. The molecule has 0 bridgehead atoms. The number of nitrogens with zero attached hydrogens (tertiary/aromatic N) is 4. The Morgan fingerprint density at radius 3 is 2.36 bits per heavy atom. The highest BCUT2D eigenvalue weighted by atomic mass is 19.3. The average molecular weight is 473 g/mol. The van der Waals surface area contributed by atoms with Gasteiger partial charge in [-0.2, -0.15) is 0 Å². The smallest absolute Gasteiger partial charge is 0.315 e. The van der Waals surface area contributed by atoms with Gasteiger partial charge in [0.15, 0.2) is 0 Å². The maximum atomic E-state index is 13.0. The van der Waals surface area contributed by atoms with E-state index in [0.29, 0.717) is 18.2 Å². The van der Waals surface area contributed by atoms with Crippen molar-refractivity contribution >= 4 is 5.97 Å². The number of esters is 1. The monoisotopic (exact) mass is 472 g/mol. The number of rotatable bonds is 7. The van der Waals surface area contributed by atoms with Crippen molar-refractivity contribution in [3.8, 4) is 0 Å². The van der Waals surface area contributed by atoms with E-state index >= 15 is 0 Å². The van der Waals surface area contributed by atoms with Gasteiger partial charge in [-0.05, 0) is 37.5 Å². The van der Waals surface area contributed by atoms with Crippen molar-refractivity contribution < 1.29 is 23.4 Å². The Bertz CT molecular complexity index is 751. The second-order valence-electron chi connectivity index (χ2n) is 9.26. The number of aliphatic hydroxyl groups excluding tert-OH is 1. The molecule has 0 aromatic carbocycles. The molecule has 1 saturated carbocycles. The van der Waals surface area contributed by atoms with Crippen LogP contribution in [0.15, 0.2) is 18.0 Å². The summed E-state index contributed by atoms with van der Waals surface area (Å²) in [6.07, 6.45) is 6.37. The highest BCUT2D eigenvalue weighted by Crippen LogP contribution is 2.48. The van der Waals surface area contributed by atoms with Crippen molar-refractivity contribution in [2.75, 3.05) is 26.8 Å². The standard InChI is InChI=1S/C21H32F2N4O2.C2H6.CH4O/c1-5-29-19(28)18(20(2,3)4)17-14-27(25-24-17)11-8-15-6-9-26(10-7-15)13-16-12-21(16,22)23;2*1-2/h13-15,18H,5-12H2,1-4H3;1-2H3;2H,1H3. The molecule has 1 aliphatic carbocycles. The second kappa shape index (κ2) is 13.0. The fraction of sp³-hybridized carbons (Fsp3) is 0.792. The van der Waals surface area contributed by atoms with E-state index in [2.05, 4.69) is 10.3 Å². The lowest BCUT2D eigenvalue weighted by Gasteiger charge is -2.31. The summed E-state index contributed by atoms with van der Waals surface area (Å²) in [4.78, 5) is 14.4. The van der Waals surface area contributed by atoms with E-state index in [1.54, 1.807) is 17.8 Å². The maximum Gasteiger partial charge on any atom is 0.315 e. The number of likely N-dealkylation sites (tertiary alicyclic amines) is 1. The first kappa shape index (κ1) is 29.0. The minimum atomic E-state index is -2.56. The van der Waals surface area contributed by atoms with Crippen LogP contribution in [0.1, 0.15) is 78.8 Å². The molecule has 190 valence electrons. The molecule has 2 fully saturated rings. The Morgan fingerprint density at radius 1 is 1.30 bits per heavy atom. The fourth-order valence-corrected chi connectivity index (χ4v) is 3.94. The van der Waals surface area contributed by atoms with Gasteiger partial charge in [0.05, 0.1) is 12.3 Å². The number of piperidine rings is 1. The Labute approximate surface area is 197 Å². The molecule has 2 aliphatic rings. The van der Waals surface area contributed by atoms with E-state index in [-0.39, 0.29) is 23.4 Å². The SMILES string of the molecule is CC.CCOC(=O)C(c1cn(CCC2CCN(C=C3CC3(F)F)CC2)nn1)C(C)(C)C.CO. The van der Waals surface area contributed by atoms with Crippen LogP contribution in [0.25, 0.3) is 0 Å². The van der Waals surface area contributed by atoms with Gasteiger partial charge in [0.25, 0.3) is 5.92 Å². The molecule has 2 heterocycles. The normalized spacial score (nSPS) is 19.7. The van der Waals surface area contributed by atoms with Crippen molar-refractivity contribution in [2.45, 2.75) is 85.6 Å². The van der Waals surface area contributed by atoms with Gasteiger partial charge in [0, 0.05) is 51.1 Å². The molecule has 3 rings (SSSR count). The van der Waals surface area contributed by atoms with Gasteiger partial charge in [0.1, 0.15) is 5.92 Å². The lowest BCUT2D eigenvalue weighted by Crippen LogP contribution is -2.30.